The number of rotatable bonds is 2. The fraction of sp³-hybridized carbons (Fsp3) is 0.143. The van der Waals surface area contributed by atoms with Gasteiger partial charge in [0.15, 0.2) is 0 Å². The maximum Gasteiger partial charge on any atom is 0.307 e. The van der Waals surface area contributed by atoms with Crippen molar-refractivity contribution in [2.45, 2.75) is 6.92 Å². The summed E-state index contributed by atoms with van der Waals surface area (Å²) in [6.45, 7) is 1.91. The van der Waals surface area contributed by atoms with Crippen molar-refractivity contribution in [1.82, 2.24) is 4.57 Å². The molecule has 1 N–H and O–H groups in total. The zero-order chi connectivity index (χ0) is 14.3. The Bertz CT molecular complexity index is 858. The van der Waals surface area contributed by atoms with E-state index in [9.17, 15) is 9.59 Å². The van der Waals surface area contributed by atoms with Crippen LogP contribution in [-0.4, -0.2) is 10.5 Å². The summed E-state index contributed by atoms with van der Waals surface area (Å²) in [7, 11) is 1.74. The van der Waals surface area contributed by atoms with Crippen molar-refractivity contribution in [1.29, 1.82) is 0 Å². The Morgan fingerprint density at radius 1 is 1.30 bits per heavy atom. The molecule has 0 saturated heterocycles. The van der Waals surface area contributed by atoms with Gasteiger partial charge in [0.2, 0.25) is 0 Å². The third-order valence-electron chi connectivity index (χ3n) is 3.12. The molecule has 0 saturated carbocycles. The zero-order valence-corrected chi connectivity index (χ0v) is 12.6. The predicted octanol–water partition coefficient (Wildman–Crippen LogP) is 3.22. The summed E-state index contributed by atoms with van der Waals surface area (Å²) < 4.78 is 2.48. The smallest absolute Gasteiger partial charge is 0.307 e. The first kappa shape index (κ1) is 13.1. The van der Waals surface area contributed by atoms with Gasteiger partial charge in [-0.2, -0.15) is 0 Å². The Hall–Kier alpha value is -1.92. The van der Waals surface area contributed by atoms with Gasteiger partial charge in [-0.1, -0.05) is 11.3 Å². The number of carbonyl (C=O) groups excluding carboxylic acids is 1. The molecule has 0 spiro atoms. The lowest BCUT2D eigenvalue weighted by molar-refractivity contribution is 0.103. The minimum atomic E-state index is -0.111. The molecule has 0 atom stereocenters. The van der Waals surface area contributed by atoms with Gasteiger partial charge in [0.05, 0.1) is 15.1 Å². The predicted molar refractivity (Wildman–Crippen MR) is 84.1 cm³/mol. The van der Waals surface area contributed by atoms with Crippen LogP contribution in [0.2, 0.25) is 0 Å². The fourth-order valence-corrected chi connectivity index (χ4v) is 3.74. The largest absolute Gasteiger partial charge is 0.321 e. The van der Waals surface area contributed by atoms with E-state index in [1.807, 2.05) is 36.6 Å². The molecule has 102 valence electrons. The van der Waals surface area contributed by atoms with Gasteiger partial charge < -0.3 is 9.88 Å². The molecule has 6 heteroatoms. The van der Waals surface area contributed by atoms with Crippen LogP contribution in [0.5, 0.6) is 0 Å². The van der Waals surface area contributed by atoms with E-state index in [-0.39, 0.29) is 10.8 Å². The fourth-order valence-electron chi connectivity index (χ4n) is 2.00. The van der Waals surface area contributed by atoms with Gasteiger partial charge in [-0.05, 0) is 42.1 Å². The van der Waals surface area contributed by atoms with Gasteiger partial charge in [-0.15, -0.1) is 11.3 Å². The highest BCUT2D eigenvalue weighted by molar-refractivity contribution is 7.16. The monoisotopic (exact) mass is 304 g/mol. The summed E-state index contributed by atoms with van der Waals surface area (Å²) in [5.74, 6) is -0.111. The highest BCUT2D eigenvalue weighted by Gasteiger charge is 2.11. The zero-order valence-electron chi connectivity index (χ0n) is 11.0. The van der Waals surface area contributed by atoms with Crippen LogP contribution in [-0.2, 0) is 7.05 Å². The van der Waals surface area contributed by atoms with Crippen molar-refractivity contribution >= 4 is 44.5 Å². The number of nitrogens with zero attached hydrogens (tertiary/aromatic N) is 1. The van der Waals surface area contributed by atoms with Crippen LogP contribution >= 0.6 is 22.7 Å². The van der Waals surface area contributed by atoms with Crippen molar-refractivity contribution in [2.24, 2.45) is 7.05 Å². The van der Waals surface area contributed by atoms with Crippen LogP contribution in [0.15, 0.2) is 34.4 Å². The van der Waals surface area contributed by atoms with E-state index in [1.54, 1.807) is 11.6 Å². The van der Waals surface area contributed by atoms with Crippen molar-refractivity contribution < 1.29 is 4.79 Å². The average Bonchev–Trinajstić information content (AvgIpc) is 2.95. The van der Waals surface area contributed by atoms with E-state index in [0.29, 0.717) is 10.6 Å². The third kappa shape index (κ3) is 2.17. The lowest BCUT2D eigenvalue weighted by atomic mass is 10.2. The van der Waals surface area contributed by atoms with Crippen molar-refractivity contribution in [2.75, 3.05) is 5.32 Å². The van der Waals surface area contributed by atoms with Crippen molar-refractivity contribution in [3.05, 3.63) is 49.8 Å². The Morgan fingerprint density at radius 2 is 2.10 bits per heavy atom. The molecule has 1 aromatic carbocycles. The van der Waals surface area contributed by atoms with Gasteiger partial charge in [0.25, 0.3) is 5.91 Å². The molecular formula is C14H12N2O2S2. The SMILES string of the molecule is Cc1ccsc1C(=O)Nc1ccc2c(c1)sc(=O)n2C. The van der Waals surface area contributed by atoms with Crippen LogP contribution in [0.25, 0.3) is 10.2 Å². The number of aryl methyl sites for hydroxylation is 2. The quantitative estimate of drug-likeness (QED) is 0.790. The first-order valence-electron chi connectivity index (χ1n) is 6.01. The van der Waals surface area contributed by atoms with Crippen LogP contribution in [0.4, 0.5) is 5.69 Å². The first-order valence-corrected chi connectivity index (χ1v) is 7.71. The number of aromatic nitrogens is 1. The van der Waals surface area contributed by atoms with E-state index in [0.717, 1.165) is 15.8 Å². The Labute approximate surface area is 123 Å². The molecule has 3 aromatic rings. The van der Waals surface area contributed by atoms with Crippen molar-refractivity contribution in [3.8, 4) is 0 Å². The number of hydrogen-bond acceptors (Lipinski definition) is 4. The Balaban J connectivity index is 1.94. The summed E-state index contributed by atoms with van der Waals surface area (Å²) in [6.07, 6.45) is 0. The molecule has 20 heavy (non-hydrogen) atoms. The molecule has 0 unspecified atom stereocenters. The molecule has 0 bridgehead atoms. The molecule has 0 aliphatic rings. The van der Waals surface area contributed by atoms with Gasteiger partial charge >= 0.3 is 4.87 Å². The van der Waals surface area contributed by atoms with E-state index in [2.05, 4.69) is 5.32 Å². The van der Waals surface area contributed by atoms with E-state index in [4.69, 9.17) is 0 Å². The number of thiophene rings is 1. The molecule has 0 fully saturated rings. The summed E-state index contributed by atoms with van der Waals surface area (Å²) in [5.41, 5.74) is 2.56. The first-order chi connectivity index (χ1) is 9.56. The number of hydrogen-bond donors (Lipinski definition) is 1. The van der Waals surface area contributed by atoms with Gasteiger partial charge in [-0.3, -0.25) is 9.59 Å². The lowest BCUT2D eigenvalue weighted by Gasteiger charge is -2.05. The number of fused-ring (bicyclic) bond motifs is 1. The van der Waals surface area contributed by atoms with E-state index in [1.165, 1.54) is 22.7 Å². The molecule has 0 aliphatic heterocycles. The van der Waals surface area contributed by atoms with Crippen molar-refractivity contribution in [3.63, 3.8) is 0 Å². The molecule has 3 rings (SSSR count). The standard InChI is InChI=1S/C14H12N2O2S2/c1-8-5-6-19-12(8)13(17)15-9-3-4-10-11(7-9)20-14(18)16(10)2/h3-7H,1-2H3,(H,15,17). The number of anilines is 1. The summed E-state index contributed by atoms with van der Waals surface area (Å²) in [5, 5.41) is 4.77. The maximum atomic E-state index is 12.1. The average molecular weight is 304 g/mol. The van der Waals surface area contributed by atoms with Crippen LogP contribution in [0, 0.1) is 6.92 Å². The molecule has 2 heterocycles. The maximum absolute atomic E-state index is 12.1. The molecule has 2 aromatic heterocycles. The number of thiazole rings is 1. The summed E-state index contributed by atoms with van der Waals surface area (Å²) >= 11 is 2.60. The normalized spacial score (nSPS) is 10.9. The second-order valence-corrected chi connectivity index (χ2v) is 6.41. The second kappa shape index (κ2) is 4.88. The topological polar surface area (TPSA) is 51.1 Å². The van der Waals surface area contributed by atoms with E-state index < -0.39 is 0 Å². The Morgan fingerprint density at radius 3 is 2.80 bits per heavy atom. The van der Waals surface area contributed by atoms with Crippen LogP contribution in [0.1, 0.15) is 15.2 Å². The number of carbonyl (C=O) groups is 1. The van der Waals surface area contributed by atoms with Crippen LogP contribution < -0.4 is 10.2 Å². The minimum Gasteiger partial charge on any atom is -0.321 e. The van der Waals surface area contributed by atoms with E-state index >= 15 is 0 Å². The molecule has 1 amide bonds. The molecule has 4 nitrogen and oxygen atoms in total. The third-order valence-corrected chi connectivity index (χ3v) is 5.13. The number of benzene rings is 1. The summed E-state index contributed by atoms with van der Waals surface area (Å²) in [6, 6.07) is 7.42. The van der Waals surface area contributed by atoms with Gasteiger partial charge in [0, 0.05) is 12.7 Å². The number of nitrogens with one attached hydrogen (secondary N) is 1. The Kier molecular flexibility index (Phi) is 3.19. The highest BCUT2D eigenvalue weighted by atomic mass is 32.1. The number of amides is 1. The van der Waals surface area contributed by atoms with Gasteiger partial charge in [-0.25, -0.2) is 0 Å². The van der Waals surface area contributed by atoms with Gasteiger partial charge in [0.1, 0.15) is 0 Å². The lowest BCUT2D eigenvalue weighted by Crippen LogP contribution is -2.11. The highest BCUT2D eigenvalue weighted by Crippen LogP contribution is 2.23. The minimum absolute atomic E-state index is 0.00224. The second-order valence-electron chi connectivity index (χ2n) is 4.50. The summed E-state index contributed by atoms with van der Waals surface area (Å²) in [4.78, 5) is 24.5. The van der Waals surface area contributed by atoms with Crippen LogP contribution in [0.3, 0.4) is 0 Å². The molecule has 0 aliphatic carbocycles. The molecular weight excluding hydrogens is 292 g/mol. The molecule has 0 radical (unpaired) electrons.